The Morgan fingerprint density at radius 1 is 1.28 bits per heavy atom. The molecule has 0 amide bonds. The Labute approximate surface area is 109 Å². The van der Waals surface area contributed by atoms with Crippen LogP contribution in [0, 0.1) is 5.92 Å². The van der Waals surface area contributed by atoms with Crippen LogP contribution in [0.5, 0.6) is 11.5 Å². The predicted octanol–water partition coefficient (Wildman–Crippen LogP) is 2.51. The van der Waals surface area contributed by atoms with Crippen molar-refractivity contribution < 1.29 is 9.47 Å². The van der Waals surface area contributed by atoms with Crippen molar-refractivity contribution in [1.82, 2.24) is 4.90 Å². The molecule has 1 saturated heterocycles. The summed E-state index contributed by atoms with van der Waals surface area (Å²) in [5, 5.41) is 0. The third-order valence-corrected chi connectivity index (χ3v) is 4.37. The molecule has 2 aliphatic rings. The summed E-state index contributed by atoms with van der Waals surface area (Å²) in [5.41, 5.74) is 1.38. The van der Waals surface area contributed by atoms with Crippen molar-refractivity contribution in [2.75, 3.05) is 33.9 Å². The van der Waals surface area contributed by atoms with Crippen molar-refractivity contribution in [2.45, 2.75) is 18.8 Å². The molecule has 1 aromatic rings. The number of benzene rings is 1. The second-order valence-corrected chi connectivity index (χ2v) is 5.46. The SMILES string of the molecule is COc1ccc2c(c1)OCC2C1CCN(C)CC1. The highest BCUT2D eigenvalue weighted by Crippen LogP contribution is 2.43. The van der Waals surface area contributed by atoms with E-state index in [-0.39, 0.29) is 0 Å². The van der Waals surface area contributed by atoms with Crippen molar-refractivity contribution in [3.63, 3.8) is 0 Å². The normalized spacial score (nSPS) is 24.7. The Morgan fingerprint density at radius 3 is 2.78 bits per heavy atom. The summed E-state index contributed by atoms with van der Waals surface area (Å²) in [6, 6.07) is 6.25. The van der Waals surface area contributed by atoms with Gasteiger partial charge in [-0.1, -0.05) is 6.07 Å². The van der Waals surface area contributed by atoms with Crippen LogP contribution >= 0.6 is 0 Å². The maximum absolute atomic E-state index is 5.84. The number of methoxy groups -OCH3 is 1. The third-order valence-electron chi connectivity index (χ3n) is 4.37. The van der Waals surface area contributed by atoms with Gasteiger partial charge >= 0.3 is 0 Å². The van der Waals surface area contributed by atoms with Gasteiger partial charge in [-0.3, -0.25) is 0 Å². The Morgan fingerprint density at radius 2 is 2.06 bits per heavy atom. The molecule has 18 heavy (non-hydrogen) atoms. The number of fused-ring (bicyclic) bond motifs is 1. The summed E-state index contributed by atoms with van der Waals surface area (Å²) < 4.78 is 11.1. The Hall–Kier alpha value is -1.22. The molecule has 0 saturated carbocycles. The van der Waals surface area contributed by atoms with Crippen LogP contribution < -0.4 is 9.47 Å². The van der Waals surface area contributed by atoms with Gasteiger partial charge in [0.2, 0.25) is 0 Å². The molecular weight excluding hydrogens is 226 g/mol. The van der Waals surface area contributed by atoms with E-state index in [2.05, 4.69) is 24.1 Å². The van der Waals surface area contributed by atoms with Crippen molar-refractivity contribution in [3.05, 3.63) is 23.8 Å². The lowest BCUT2D eigenvalue weighted by Crippen LogP contribution is -2.33. The van der Waals surface area contributed by atoms with Crippen LogP contribution in [0.15, 0.2) is 18.2 Å². The Bertz CT molecular complexity index is 425. The molecule has 1 unspecified atom stereocenters. The first-order valence-electron chi connectivity index (χ1n) is 6.77. The monoisotopic (exact) mass is 247 g/mol. The molecule has 0 spiro atoms. The van der Waals surface area contributed by atoms with Crippen LogP contribution in [0.4, 0.5) is 0 Å². The van der Waals surface area contributed by atoms with Gasteiger partial charge in [0, 0.05) is 17.5 Å². The lowest BCUT2D eigenvalue weighted by molar-refractivity contribution is 0.182. The van der Waals surface area contributed by atoms with E-state index in [0.29, 0.717) is 5.92 Å². The molecule has 98 valence electrons. The van der Waals surface area contributed by atoms with E-state index >= 15 is 0 Å². The molecule has 3 heteroatoms. The highest BCUT2D eigenvalue weighted by atomic mass is 16.5. The van der Waals surface area contributed by atoms with Crippen LogP contribution in [0.2, 0.25) is 0 Å². The van der Waals surface area contributed by atoms with E-state index in [1.165, 1.54) is 31.5 Å². The number of nitrogens with zero attached hydrogens (tertiary/aromatic N) is 1. The van der Waals surface area contributed by atoms with Crippen LogP contribution in [0.1, 0.15) is 24.3 Å². The van der Waals surface area contributed by atoms with Gasteiger partial charge in [0.1, 0.15) is 11.5 Å². The van der Waals surface area contributed by atoms with Crippen LogP contribution in [-0.4, -0.2) is 38.8 Å². The fourth-order valence-electron chi connectivity index (χ4n) is 3.16. The van der Waals surface area contributed by atoms with Gasteiger partial charge in [0.05, 0.1) is 13.7 Å². The quantitative estimate of drug-likeness (QED) is 0.801. The fraction of sp³-hybridized carbons (Fsp3) is 0.600. The van der Waals surface area contributed by atoms with Gasteiger partial charge in [0.15, 0.2) is 0 Å². The summed E-state index contributed by atoms with van der Waals surface area (Å²) in [7, 11) is 3.91. The molecule has 3 rings (SSSR count). The van der Waals surface area contributed by atoms with Crippen molar-refractivity contribution >= 4 is 0 Å². The van der Waals surface area contributed by atoms with Crippen molar-refractivity contribution in [3.8, 4) is 11.5 Å². The molecule has 1 fully saturated rings. The van der Waals surface area contributed by atoms with E-state index in [9.17, 15) is 0 Å². The van der Waals surface area contributed by atoms with E-state index in [4.69, 9.17) is 9.47 Å². The zero-order chi connectivity index (χ0) is 12.5. The lowest BCUT2D eigenvalue weighted by Gasteiger charge is -2.32. The molecule has 0 aromatic heterocycles. The van der Waals surface area contributed by atoms with Gasteiger partial charge < -0.3 is 14.4 Å². The summed E-state index contributed by atoms with van der Waals surface area (Å²) in [5.74, 6) is 3.27. The molecule has 0 N–H and O–H groups in total. The zero-order valence-electron chi connectivity index (χ0n) is 11.2. The van der Waals surface area contributed by atoms with Gasteiger partial charge in [0.25, 0.3) is 0 Å². The van der Waals surface area contributed by atoms with E-state index in [1.807, 2.05) is 6.07 Å². The molecule has 3 nitrogen and oxygen atoms in total. The summed E-state index contributed by atoms with van der Waals surface area (Å²) in [6.07, 6.45) is 2.58. The van der Waals surface area contributed by atoms with Crippen molar-refractivity contribution in [1.29, 1.82) is 0 Å². The number of hydrogen-bond donors (Lipinski definition) is 0. The molecule has 1 aromatic carbocycles. The molecule has 2 aliphatic heterocycles. The van der Waals surface area contributed by atoms with Gasteiger partial charge in [-0.05, 0) is 45.0 Å². The second kappa shape index (κ2) is 4.81. The van der Waals surface area contributed by atoms with Crippen LogP contribution in [-0.2, 0) is 0 Å². The van der Waals surface area contributed by atoms with Crippen LogP contribution in [0.3, 0.4) is 0 Å². The van der Waals surface area contributed by atoms with Gasteiger partial charge in [-0.2, -0.15) is 0 Å². The molecule has 0 aliphatic carbocycles. The standard InChI is InChI=1S/C15H21NO2/c1-16-7-5-11(6-8-16)14-10-18-15-9-12(17-2)3-4-13(14)15/h3-4,9,11,14H,5-8,10H2,1-2H3. The lowest BCUT2D eigenvalue weighted by atomic mass is 9.81. The summed E-state index contributed by atoms with van der Waals surface area (Å²) in [6.45, 7) is 3.27. The smallest absolute Gasteiger partial charge is 0.126 e. The summed E-state index contributed by atoms with van der Waals surface area (Å²) in [4.78, 5) is 2.42. The Balaban J connectivity index is 1.78. The minimum Gasteiger partial charge on any atom is -0.497 e. The molecule has 2 heterocycles. The minimum absolute atomic E-state index is 0.583. The average molecular weight is 247 g/mol. The third kappa shape index (κ3) is 2.07. The Kier molecular flexibility index (Phi) is 3.16. The molecule has 1 atom stereocenters. The number of hydrogen-bond acceptors (Lipinski definition) is 3. The zero-order valence-corrected chi connectivity index (χ0v) is 11.2. The average Bonchev–Trinajstić information content (AvgIpc) is 2.82. The highest BCUT2D eigenvalue weighted by Gasteiger charge is 2.33. The molecule has 0 bridgehead atoms. The van der Waals surface area contributed by atoms with Gasteiger partial charge in [-0.15, -0.1) is 0 Å². The predicted molar refractivity (Wildman–Crippen MR) is 71.5 cm³/mol. The first-order chi connectivity index (χ1) is 8.78. The fourth-order valence-corrected chi connectivity index (χ4v) is 3.16. The topological polar surface area (TPSA) is 21.7 Å². The second-order valence-electron chi connectivity index (χ2n) is 5.46. The minimum atomic E-state index is 0.583. The first kappa shape index (κ1) is 11.8. The first-order valence-corrected chi connectivity index (χ1v) is 6.77. The largest absolute Gasteiger partial charge is 0.497 e. The number of ether oxygens (including phenoxy) is 2. The van der Waals surface area contributed by atoms with Crippen molar-refractivity contribution in [2.24, 2.45) is 5.92 Å². The highest BCUT2D eigenvalue weighted by molar-refractivity contribution is 5.45. The molecule has 0 radical (unpaired) electrons. The number of piperidine rings is 1. The van der Waals surface area contributed by atoms with E-state index < -0.39 is 0 Å². The van der Waals surface area contributed by atoms with Gasteiger partial charge in [-0.25, -0.2) is 0 Å². The maximum Gasteiger partial charge on any atom is 0.126 e. The van der Waals surface area contributed by atoms with Crippen LogP contribution in [0.25, 0.3) is 0 Å². The molecular formula is C15H21NO2. The van der Waals surface area contributed by atoms with E-state index in [0.717, 1.165) is 24.0 Å². The summed E-state index contributed by atoms with van der Waals surface area (Å²) >= 11 is 0. The van der Waals surface area contributed by atoms with E-state index in [1.54, 1.807) is 7.11 Å². The maximum atomic E-state index is 5.84. The number of likely N-dealkylation sites (tertiary alicyclic amines) is 1. The number of rotatable bonds is 2.